The first kappa shape index (κ1) is 18.9. The van der Waals surface area contributed by atoms with Crippen molar-refractivity contribution in [3.63, 3.8) is 0 Å². The minimum atomic E-state index is -0.443. The number of hydrogen-bond donors (Lipinski definition) is 1. The molecule has 1 heterocycles. The lowest BCUT2D eigenvalue weighted by atomic mass is 9.82. The Hall–Kier alpha value is -0.160. The van der Waals surface area contributed by atoms with Crippen molar-refractivity contribution < 1.29 is 15.0 Å². The highest BCUT2D eigenvalue weighted by molar-refractivity contribution is 4.92. The van der Waals surface area contributed by atoms with Gasteiger partial charge in [-0.1, -0.05) is 4.94 Å². The zero-order valence-electron chi connectivity index (χ0n) is 15.9. The molecule has 0 aromatic carbocycles. The first-order chi connectivity index (χ1) is 9.05. The van der Waals surface area contributed by atoms with Crippen LogP contribution < -0.4 is 0 Å². The van der Waals surface area contributed by atoms with Gasteiger partial charge in [0.25, 0.3) is 0 Å². The van der Waals surface area contributed by atoms with E-state index in [1.54, 1.807) is 0 Å². The summed E-state index contributed by atoms with van der Waals surface area (Å²) in [5.41, 5.74) is -1.07. The second-order valence-corrected chi connectivity index (χ2v) is 9.77. The molecule has 1 rings (SSSR count). The molecule has 0 spiro atoms. The van der Waals surface area contributed by atoms with Crippen LogP contribution in [0.3, 0.4) is 0 Å². The molecule has 0 radical (unpaired) electrons. The minimum Gasteiger partial charge on any atom is -0.179 e. The number of rotatable bonds is 2. The number of hydroxylamine groups is 6. The maximum absolute atomic E-state index is 11.4. The molecule has 0 amide bonds. The van der Waals surface area contributed by atoms with Gasteiger partial charge in [0.2, 0.25) is 0 Å². The Labute approximate surface area is 131 Å². The predicted octanol–water partition coefficient (Wildman–Crippen LogP) is 4.68. The molecule has 4 heteroatoms. The molecule has 0 aromatic heterocycles. The normalized spacial score (nSPS) is 24.1. The van der Waals surface area contributed by atoms with E-state index < -0.39 is 15.9 Å². The standard InChI is InChI=1S/C17H37N2O2/c1-14(2,3)19(20,15(4,5)6)21-18-16(7,8)12-11-13-17(18,9)10/h20H,11-13H2,1-10H3/q+1. The largest absolute Gasteiger partial charge is 0.179 e. The van der Waals surface area contributed by atoms with Crippen LogP contribution in [0, 0.1) is 0 Å². The van der Waals surface area contributed by atoms with E-state index in [2.05, 4.69) is 27.7 Å². The third-order valence-corrected chi connectivity index (χ3v) is 4.70. The fourth-order valence-electron chi connectivity index (χ4n) is 3.57. The molecule has 1 aliphatic heterocycles. The topological polar surface area (TPSA) is 32.7 Å². The van der Waals surface area contributed by atoms with Crippen LogP contribution in [0.25, 0.3) is 0 Å². The van der Waals surface area contributed by atoms with E-state index in [9.17, 15) is 5.21 Å². The Bertz CT molecular complexity index is 345. The summed E-state index contributed by atoms with van der Waals surface area (Å²) in [6.45, 7) is 20.9. The lowest BCUT2D eigenvalue weighted by Gasteiger charge is -2.55. The Kier molecular flexibility index (Phi) is 4.67. The highest BCUT2D eigenvalue weighted by atomic mass is 17.0. The van der Waals surface area contributed by atoms with Crippen LogP contribution >= 0.6 is 0 Å². The van der Waals surface area contributed by atoms with Gasteiger partial charge in [-0.05, 0) is 93.3 Å². The Morgan fingerprint density at radius 3 is 1.48 bits per heavy atom. The van der Waals surface area contributed by atoms with Crippen LogP contribution in [0.1, 0.15) is 88.5 Å². The molecular formula is C17H37N2O2+. The molecule has 126 valence electrons. The zero-order valence-corrected chi connectivity index (χ0v) is 15.9. The van der Waals surface area contributed by atoms with Gasteiger partial charge in [0.15, 0.2) is 11.1 Å². The quantitative estimate of drug-likeness (QED) is 0.594. The molecule has 0 unspecified atom stereocenters. The van der Waals surface area contributed by atoms with E-state index in [0.29, 0.717) is 0 Å². The maximum Gasteiger partial charge on any atom is 0.156 e. The first-order valence-electron chi connectivity index (χ1n) is 8.17. The van der Waals surface area contributed by atoms with Gasteiger partial charge in [-0.2, -0.15) is 5.21 Å². The third kappa shape index (κ3) is 3.44. The number of quaternary nitrogens is 1. The van der Waals surface area contributed by atoms with Gasteiger partial charge in [0, 0.05) is 11.1 Å². The van der Waals surface area contributed by atoms with Crippen molar-refractivity contribution in [1.82, 2.24) is 5.06 Å². The molecule has 4 nitrogen and oxygen atoms in total. The average molecular weight is 301 g/mol. The van der Waals surface area contributed by atoms with Gasteiger partial charge < -0.3 is 0 Å². The molecular weight excluding hydrogens is 264 g/mol. The van der Waals surface area contributed by atoms with Crippen molar-refractivity contribution in [2.24, 2.45) is 0 Å². The molecule has 1 aliphatic rings. The molecule has 1 saturated heterocycles. The monoisotopic (exact) mass is 301 g/mol. The summed E-state index contributed by atoms with van der Waals surface area (Å²) in [6, 6.07) is 0. The molecule has 1 fully saturated rings. The van der Waals surface area contributed by atoms with Crippen molar-refractivity contribution in [3.8, 4) is 0 Å². The summed E-state index contributed by atoms with van der Waals surface area (Å²) in [7, 11) is 0. The number of piperidine rings is 1. The SMILES string of the molecule is CC1(C)CCCC(C)(C)N1O[N+](O)(C(C)(C)C)C(C)(C)C. The zero-order chi connectivity index (χ0) is 16.9. The summed E-state index contributed by atoms with van der Waals surface area (Å²) in [5.74, 6) is 0. The van der Waals surface area contributed by atoms with Crippen molar-refractivity contribution >= 4 is 0 Å². The summed E-state index contributed by atoms with van der Waals surface area (Å²) in [6.07, 6.45) is 3.34. The van der Waals surface area contributed by atoms with Crippen molar-refractivity contribution in [2.45, 2.75) is 111 Å². The lowest BCUT2D eigenvalue weighted by molar-refractivity contribution is -1.32. The summed E-state index contributed by atoms with van der Waals surface area (Å²) in [5, 5.41) is 13.4. The highest BCUT2D eigenvalue weighted by Crippen LogP contribution is 2.43. The minimum absolute atomic E-state index is 0.0928. The van der Waals surface area contributed by atoms with Crippen molar-refractivity contribution in [2.75, 3.05) is 0 Å². The first-order valence-corrected chi connectivity index (χ1v) is 8.17. The molecule has 0 aliphatic carbocycles. The lowest BCUT2D eigenvalue weighted by Crippen LogP contribution is -2.73. The maximum atomic E-state index is 11.4. The fraction of sp³-hybridized carbons (Fsp3) is 1.00. The van der Waals surface area contributed by atoms with E-state index in [0.717, 1.165) is 12.8 Å². The summed E-state index contributed by atoms with van der Waals surface area (Å²) >= 11 is 0. The van der Waals surface area contributed by atoms with Gasteiger partial charge in [-0.3, -0.25) is 0 Å². The van der Waals surface area contributed by atoms with Crippen molar-refractivity contribution in [3.05, 3.63) is 0 Å². The second-order valence-electron chi connectivity index (χ2n) is 9.77. The van der Waals surface area contributed by atoms with E-state index in [1.165, 1.54) is 6.42 Å². The molecule has 0 saturated carbocycles. The van der Waals surface area contributed by atoms with E-state index in [1.807, 2.05) is 46.6 Å². The number of hydrogen-bond acceptors (Lipinski definition) is 3. The summed E-state index contributed by atoms with van der Waals surface area (Å²) < 4.78 is 0. The fourth-order valence-corrected chi connectivity index (χ4v) is 3.57. The van der Waals surface area contributed by atoms with Gasteiger partial charge in [-0.25, -0.2) is 0 Å². The third-order valence-electron chi connectivity index (χ3n) is 4.70. The van der Waals surface area contributed by atoms with Crippen LogP contribution in [-0.2, 0) is 4.94 Å². The van der Waals surface area contributed by atoms with Crippen LogP contribution in [0.5, 0.6) is 0 Å². The average Bonchev–Trinajstić information content (AvgIpc) is 2.19. The van der Waals surface area contributed by atoms with Crippen LogP contribution in [0.2, 0.25) is 0 Å². The Morgan fingerprint density at radius 2 is 1.19 bits per heavy atom. The highest BCUT2D eigenvalue weighted by Gasteiger charge is 2.58. The molecule has 21 heavy (non-hydrogen) atoms. The van der Waals surface area contributed by atoms with Gasteiger partial charge in [0.05, 0.1) is 0 Å². The van der Waals surface area contributed by atoms with E-state index in [4.69, 9.17) is 4.94 Å². The van der Waals surface area contributed by atoms with Crippen LogP contribution in [0.15, 0.2) is 0 Å². The summed E-state index contributed by atoms with van der Waals surface area (Å²) in [4.78, 5) is 5.93. The van der Waals surface area contributed by atoms with Crippen molar-refractivity contribution in [1.29, 1.82) is 0 Å². The second kappa shape index (κ2) is 5.19. The van der Waals surface area contributed by atoms with Gasteiger partial charge in [0.1, 0.15) is 0 Å². The van der Waals surface area contributed by atoms with Gasteiger partial charge >= 0.3 is 0 Å². The van der Waals surface area contributed by atoms with Gasteiger partial charge in [-0.15, -0.1) is 5.06 Å². The van der Waals surface area contributed by atoms with E-state index in [-0.39, 0.29) is 11.1 Å². The van der Waals surface area contributed by atoms with E-state index >= 15 is 0 Å². The van der Waals surface area contributed by atoms with Crippen LogP contribution in [0.4, 0.5) is 0 Å². The van der Waals surface area contributed by atoms with Crippen LogP contribution in [-0.4, -0.2) is 37.2 Å². The molecule has 0 aromatic rings. The smallest absolute Gasteiger partial charge is 0.156 e. The number of nitrogens with zero attached hydrogens (tertiary/aromatic N) is 2. The predicted molar refractivity (Wildman–Crippen MR) is 86.5 cm³/mol. The Morgan fingerprint density at radius 1 is 0.857 bits per heavy atom. The Balaban J connectivity index is 3.25. The molecule has 1 N–H and O–H groups in total. The molecule has 0 atom stereocenters. The molecule has 0 bridgehead atoms.